The second-order valence-electron chi connectivity index (χ2n) is 6.47. The molecule has 0 unspecified atom stereocenters. The average Bonchev–Trinajstić information content (AvgIpc) is 3.24. The number of benzene rings is 1. The molecule has 1 amide bonds. The maximum Gasteiger partial charge on any atom is 0.234 e. The number of nitrogens with one attached hydrogen (secondary N) is 1. The van der Waals surface area contributed by atoms with Crippen LogP contribution >= 0.6 is 23.1 Å². The van der Waals surface area contributed by atoms with E-state index in [1.165, 1.54) is 16.5 Å². The van der Waals surface area contributed by atoms with E-state index in [9.17, 15) is 4.79 Å². The van der Waals surface area contributed by atoms with Crippen molar-refractivity contribution in [3.05, 3.63) is 52.7 Å². The summed E-state index contributed by atoms with van der Waals surface area (Å²) in [5.41, 5.74) is 5.22. The third kappa shape index (κ3) is 3.44. The largest absolute Gasteiger partial charge is 0.325 e. The predicted octanol–water partition coefficient (Wildman–Crippen LogP) is 4.85. The third-order valence-electron chi connectivity index (χ3n) is 4.48. The van der Waals surface area contributed by atoms with E-state index in [0.717, 1.165) is 45.1 Å². The van der Waals surface area contributed by atoms with Crippen molar-refractivity contribution in [1.29, 1.82) is 0 Å². The molecule has 7 heteroatoms. The number of amides is 1. The fraction of sp³-hybridized carbons (Fsp3) is 0.250. The van der Waals surface area contributed by atoms with Gasteiger partial charge in [0.25, 0.3) is 0 Å². The van der Waals surface area contributed by atoms with Gasteiger partial charge in [0.1, 0.15) is 10.9 Å². The lowest BCUT2D eigenvalue weighted by molar-refractivity contribution is -0.113. The zero-order valence-electron chi connectivity index (χ0n) is 15.4. The Labute approximate surface area is 165 Å². The molecule has 0 saturated carbocycles. The summed E-state index contributed by atoms with van der Waals surface area (Å²) in [6.45, 7) is 6.09. The van der Waals surface area contributed by atoms with Crippen molar-refractivity contribution in [2.45, 2.75) is 32.2 Å². The van der Waals surface area contributed by atoms with Gasteiger partial charge < -0.3 is 5.32 Å². The first-order chi connectivity index (χ1) is 13.1. The number of thiophene rings is 1. The van der Waals surface area contributed by atoms with Crippen LogP contribution in [-0.4, -0.2) is 26.3 Å². The van der Waals surface area contributed by atoms with Crippen LogP contribution in [0.15, 0.2) is 40.7 Å². The van der Waals surface area contributed by atoms with Gasteiger partial charge in [0.15, 0.2) is 0 Å². The summed E-state index contributed by atoms with van der Waals surface area (Å²) in [7, 11) is 0. The highest BCUT2D eigenvalue weighted by molar-refractivity contribution is 8.00. The van der Waals surface area contributed by atoms with Crippen LogP contribution in [0.25, 0.3) is 15.7 Å². The topological polar surface area (TPSA) is 59.3 Å². The first-order valence-corrected chi connectivity index (χ1v) is 10.7. The van der Waals surface area contributed by atoms with Crippen LogP contribution in [0.1, 0.15) is 23.9 Å². The number of carbonyl (C=O) groups is 1. The molecular weight excluding hydrogens is 376 g/mol. The van der Waals surface area contributed by atoms with Gasteiger partial charge in [-0.15, -0.1) is 21.5 Å². The molecule has 4 aromatic rings. The van der Waals surface area contributed by atoms with Crippen LogP contribution in [0.5, 0.6) is 0 Å². The van der Waals surface area contributed by atoms with E-state index in [2.05, 4.69) is 44.4 Å². The van der Waals surface area contributed by atoms with Crippen LogP contribution in [0, 0.1) is 13.8 Å². The van der Waals surface area contributed by atoms with Crippen LogP contribution in [0.3, 0.4) is 0 Å². The van der Waals surface area contributed by atoms with Crippen LogP contribution in [0.2, 0.25) is 0 Å². The van der Waals surface area contributed by atoms with Crippen molar-refractivity contribution < 1.29 is 4.79 Å². The molecule has 0 atom stereocenters. The molecule has 1 aromatic carbocycles. The first kappa shape index (κ1) is 18.0. The Bertz CT molecular complexity index is 1150. The number of thioether (sulfide) groups is 1. The van der Waals surface area contributed by atoms with Crippen LogP contribution in [-0.2, 0) is 11.2 Å². The monoisotopic (exact) mass is 396 g/mol. The van der Waals surface area contributed by atoms with Gasteiger partial charge in [-0.05, 0) is 48.6 Å². The Hall–Kier alpha value is -2.38. The van der Waals surface area contributed by atoms with Gasteiger partial charge in [-0.25, -0.2) is 0 Å². The highest BCUT2D eigenvalue weighted by Gasteiger charge is 2.15. The van der Waals surface area contributed by atoms with E-state index in [1.54, 1.807) is 11.3 Å². The summed E-state index contributed by atoms with van der Waals surface area (Å²) in [6.07, 6.45) is 0.807. The Kier molecular flexibility index (Phi) is 4.88. The normalized spacial score (nSPS) is 11.4. The number of anilines is 1. The molecule has 0 aliphatic rings. The lowest BCUT2D eigenvalue weighted by Gasteiger charge is -2.10. The molecular formula is C20H20N4OS2. The third-order valence-corrected chi connectivity index (χ3v) is 6.30. The average molecular weight is 397 g/mol. The van der Waals surface area contributed by atoms with Gasteiger partial charge in [-0.2, -0.15) is 0 Å². The zero-order valence-corrected chi connectivity index (χ0v) is 17.1. The number of aryl methyl sites for hydroxylation is 3. The van der Waals surface area contributed by atoms with E-state index in [1.807, 2.05) is 32.0 Å². The molecule has 1 N–H and O–H groups in total. The molecule has 4 rings (SSSR count). The summed E-state index contributed by atoms with van der Waals surface area (Å²) < 4.78 is 3.37. The molecule has 0 radical (unpaired) electrons. The summed E-state index contributed by atoms with van der Waals surface area (Å²) in [5, 5.41) is 14.6. The van der Waals surface area contributed by atoms with Crippen LogP contribution < -0.4 is 5.32 Å². The number of hydrogen-bond acceptors (Lipinski definition) is 5. The van der Waals surface area contributed by atoms with Crippen molar-refractivity contribution in [3.8, 4) is 0 Å². The van der Waals surface area contributed by atoms with Crippen molar-refractivity contribution in [3.63, 3.8) is 0 Å². The minimum absolute atomic E-state index is 0.0402. The lowest BCUT2D eigenvalue weighted by Crippen LogP contribution is -2.15. The molecule has 138 valence electrons. The molecule has 0 spiro atoms. The maximum absolute atomic E-state index is 12.4. The standard InChI is InChI=1S/C20H20N4OS2/c1-4-18-22-23-20(16-10-17-15(24(16)18)7-8-26-17)27-11-19(25)21-14-9-12(2)5-6-13(14)3/h5-10H,4,11H2,1-3H3,(H,21,25). The first-order valence-electron chi connectivity index (χ1n) is 8.81. The second-order valence-corrected chi connectivity index (χ2v) is 8.38. The van der Waals surface area contributed by atoms with E-state index >= 15 is 0 Å². The fourth-order valence-corrected chi connectivity index (χ4v) is 4.62. The number of hydrogen-bond donors (Lipinski definition) is 1. The fourth-order valence-electron chi connectivity index (χ4n) is 3.08. The Morgan fingerprint density at radius 2 is 2.04 bits per heavy atom. The Morgan fingerprint density at radius 1 is 1.19 bits per heavy atom. The summed E-state index contributed by atoms with van der Waals surface area (Å²) in [6, 6.07) is 10.3. The zero-order chi connectivity index (χ0) is 19.0. The van der Waals surface area contributed by atoms with Gasteiger partial charge in [0, 0.05) is 12.1 Å². The highest BCUT2D eigenvalue weighted by Crippen LogP contribution is 2.31. The minimum atomic E-state index is -0.0402. The molecule has 27 heavy (non-hydrogen) atoms. The minimum Gasteiger partial charge on any atom is -0.325 e. The molecule has 5 nitrogen and oxygen atoms in total. The lowest BCUT2D eigenvalue weighted by atomic mass is 10.1. The summed E-state index contributed by atoms with van der Waals surface area (Å²) in [4.78, 5) is 12.4. The van der Waals surface area contributed by atoms with E-state index < -0.39 is 0 Å². The smallest absolute Gasteiger partial charge is 0.234 e. The van der Waals surface area contributed by atoms with E-state index in [4.69, 9.17) is 0 Å². The van der Waals surface area contributed by atoms with Gasteiger partial charge in [0.2, 0.25) is 5.91 Å². The van der Waals surface area contributed by atoms with Crippen LogP contribution in [0.4, 0.5) is 5.69 Å². The van der Waals surface area contributed by atoms with Crippen molar-refractivity contribution in [1.82, 2.24) is 14.6 Å². The van der Waals surface area contributed by atoms with Gasteiger partial charge in [-0.3, -0.25) is 9.20 Å². The number of aromatic nitrogens is 3. The molecule has 0 aliphatic heterocycles. The predicted molar refractivity (Wildman–Crippen MR) is 113 cm³/mol. The Balaban J connectivity index is 1.57. The second kappa shape index (κ2) is 7.32. The SMILES string of the molecule is CCc1nnc(SCC(=O)Nc2cc(C)ccc2C)c2cc3sccc3n12. The van der Waals surface area contributed by atoms with Gasteiger partial charge in [-0.1, -0.05) is 30.8 Å². The quantitative estimate of drug-likeness (QED) is 0.490. The molecule has 0 aliphatic carbocycles. The highest BCUT2D eigenvalue weighted by atomic mass is 32.2. The number of carbonyl (C=O) groups excluding carboxylic acids is 1. The number of fused-ring (bicyclic) bond motifs is 3. The molecule has 3 aromatic heterocycles. The van der Waals surface area contributed by atoms with Crippen molar-refractivity contribution >= 4 is 50.4 Å². The summed E-state index contributed by atoms with van der Waals surface area (Å²) in [5.74, 6) is 1.19. The molecule has 0 bridgehead atoms. The van der Waals surface area contributed by atoms with Gasteiger partial charge in [0.05, 0.1) is 21.5 Å². The number of rotatable bonds is 5. The Morgan fingerprint density at radius 3 is 2.85 bits per heavy atom. The molecule has 3 heterocycles. The number of nitrogens with zero attached hydrogens (tertiary/aromatic N) is 3. The maximum atomic E-state index is 12.4. The van der Waals surface area contributed by atoms with Crippen molar-refractivity contribution in [2.75, 3.05) is 11.1 Å². The molecule has 0 fully saturated rings. The van der Waals surface area contributed by atoms with Gasteiger partial charge >= 0.3 is 0 Å². The van der Waals surface area contributed by atoms with Crippen molar-refractivity contribution in [2.24, 2.45) is 0 Å². The summed E-state index contributed by atoms with van der Waals surface area (Å²) >= 11 is 3.13. The molecule has 0 saturated heterocycles. The van der Waals surface area contributed by atoms with E-state index in [-0.39, 0.29) is 5.91 Å². The van der Waals surface area contributed by atoms with E-state index in [0.29, 0.717) is 5.75 Å².